The van der Waals surface area contributed by atoms with E-state index in [1.165, 1.54) is 11.1 Å². The molecular weight excluding hydrogens is 263 g/mol. The van der Waals surface area contributed by atoms with Gasteiger partial charge in [0.2, 0.25) is 0 Å². The van der Waals surface area contributed by atoms with E-state index in [4.69, 9.17) is 0 Å². The normalized spacial score (nSPS) is 12.2. The van der Waals surface area contributed by atoms with Gasteiger partial charge in [0.1, 0.15) is 0 Å². The van der Waals surface area contributed by atoms with Gasteiger partial charge >= 0.3 is 0 Å². The molecule has 0 aromatic heterocycles. The highest BCUT2D eigenvalue weighted by Gasteiger charge is 2.32. The maximum absolute atomic E-state index is 13.8. The molecule has 0 saturated heterocycles. The molecule has 2 aliphatic rings. The maximum Gasteiger partial charge on any atom is 0.171 e. The Morgan fingerprint density at radius 3 is 1.45 bits per heavy atom. The minimum atomic E-state index is -2.73. The summed E-state index contributed by atoms with van der Waals surface area (Å²) in [7, 11) is -2.73. The predicted molar refractivity (Wildman–Crippen MR) is 84.8 cm³/mol. The van der Waals surface area contributed by atoms with Gasteiger partial charge < -0.3 is 4.57 Å². The molecule has 0 radical (unpaired) electrons. The minimum Gasteiger partial charge on any atom is -0.309 e. The molecule has 0 amide bonds. The molecule has 96 valence electrons. The lowest BCUT2D eigenvalue weighted by Crippen LogP contribution is -2.23. The van der Waals surface area contributed by atoms with E-state index in [1.54, 1.807) is 0 Å². The first-order valence-electron chi connectivity index (χ1n) is 6.66. The smallest absolute Gasteiger partial charge is 0.171 e. The van der Waals surface area contributed by atoms with Crippen LogP contribution in [0.2, 0.25) is 0 Å². The van der Waals surface area contributed by atoms with Gasteiger partial charge in [-0.2, -0.15) is 0 Å². The lowest BCUT2D eigenvalue weighted by molar-refractivity contribution is 0.592. The zero-order valence-electron chi connectivity index (χ0n) is 10.9. The van der Waals surface area contributed by atoms with Crippen LogP contribution in [0.3, 0.4) is 0 Å². The molecule has 0 fully saturated rings. The fourth-order valence-electron chi connectivity index (χ4n) is 2.65. The molecule has 1 nitrogen and oxygen atoms in total. The average molecular weight is 276 g/mol. The van der Waals surface area contributed by atoms with Crippen molar-refractivity contribution in [3.63, 3.8) is 0 Å². The molecule has 2 aromatic carbocycles. The van der Waals surface area contributed by atoms with Gasteiger partial charge in [-0.1, -0.05) is 60.7 Å². The van der Waals surface area contributed by atoms with Crippen LogP contribution in [-0.2, 0) is 4.57 Å². The molecule has 0 unspecified atom stereocenters. The zero-order valence-corrected chi connectivity index (χ0v) is 11.8. The van der Waals surface area contributed by atoms with E-state index in [0.29, 0.717) is 0 Å². The lowest BCUT2D eigenvalue weighted by Gasteiger charge is -2.18. The van der Waals surface area contributed by atoms with E-state index < -0.39 is 7.14 Å². The van der Waals surface area contributed by atoms with Crippen LogP contribution in [0.15, 0.2) is 78.9 Å². The van der Waals surface area contributed by atoms with Gasteiger partial charge in [-0.25, -0.2) is 0 Å². The van der Waals surface area contributed by atoms with E-state index in [2.05, 4.69) is 18.2 Å². The fourth-order valence-corrected chi connectivity index (χ4v) is 5.37. The van der Waals surface area contributed by atoms with Gasteiger partial charge in [0.05, 0.1) is 0 Å². The number of benzene rings is 3. The molecule has 2 heteroatoms. The second kappa shape index (κ2) is 4.19. The number of hydrogen-bond acceptors (Lipinski definition) is 1. The summed E-state index contributed by atoms with van der Waals surface area (Å²) in [6, 6.07) is 25.8. The van der Waals surface area contributed by atoms with Crippen molar-refractivity contribution in [2.24, 2.45) is 0 Å². The number of fused-ring (bicyclic) bond motifs is 1. The molecule has 0 saturated carbocycles. The first kappa shape index (κ1) is 11.7. The minimum absolute atomic E-state index is 0.899. The second-order valence-electron chi connectivity index (χ2n) is 5.05. The van der Waals surface area contributed by atoms with E-state index in [-0.39, 0.29) is 0 Å². The summed E-state index contributed by atoms with van der Waals surface area (Å²) in [6.07, 6.45) is 0. The van der Waals surface area contributed by atoms with Gasteiger partial charge in [-0.3, -0.25) is 0 Å². The van der Waals surface area contributed by atoms with Crippen molar-refractivity contribution in [2.75, 3.05) is 0 Å². The summed E-state index contributed by atoms with van der Waals surface area (Å²) in [6.45, 7) is 0. The van der Waals surface area contributed by atoms with Crippen molar-refractivity contribution in [3.05, 3.63) is 78.9 Å². The molecule has 0 aliphatic heterocycles. The maximum atomic E-state index is 13.8. The molecule has 4 rings (SSSR count). The van der Waals surface area contributed by atoms with Crippen LogP contribution >= 0.6 is 7.14 Å². The van der Waals surface area contributed by atoms with Gasteiger partial charge in [0.25, 0.3) is 0 Å². The Hall–Kier alpha value is -2.11. The molecule has 0 heterocycles. The van der Waals surface area contributed by atoms with Crippen LogP contribution in [0, 0.1) is 0 Å². The topological polar surface area (TPSA) is 17.1 Å². The summed E-state index contributed by atoms with van der Waals surface area (Å²) < 4.78 is 13.8. The monoisotopic (exact) mass is 276 g/mol. The molecule has 2 aromatic rings. The van der Waals surface area contributed by atoms with Crippen LogP contribution in [0.5, 0.6) is 0 Å². The summed E-state index contributed by atoms with van der Waals surface area (Å²) in [4.78, 5) is 0. The quantitative estimate of drug-likeness (QED) is 0.525. The Morgan fingerprint density at radius 2 is 1.00 bits per heavy atom. The van der Waals surface area contributed by atoms with Crippen molar-refractivity contribution < 1.29 is 4.57 Å². The third-order valence-corrected chi connectivity index (χ3v) is 6.81. The molecule has 20 heavy (non-hydrogen) atoms. The van der Waals surface area contributed by atoms with Crippen molar-refractivity contribution >= 4 is 23.1 Å². The number of rotatable bonds is 3. The van der Waals surface area contributed by atoms with Crippen LogP contribution in [-0.4, -0.2) is 0 Å². The van der Waals surface area contributed by atoms with Gasteiger partial charge in [0.15, 0.2) is 7.14 Å². The Bertz CT molecular complexity index is 751. The molecule has 0 spiro atoms. The highest BCUT2D eigenvalue weighted by atomic mass is 31.2. The van der Waals surface area contributed by atoms with Crippen molar-refractivity contribution in [1.29, 1.82) is 0 Å². The van der Waals surface area contributed by atoms with E-state index in [1.807, 2.05) is 60.7 Å². The third-order valence-electron chi connectivity index (χ3n) is 3.77. The first-order valence-corrected chi connectivity index (χ1v) is 8.36. The SMILES string of the molecule is O=P(c1ccccc1)(c1ccccc1)c1cc2cc-2c1. The fraction of sp³-hybridized carbons (Fsp3) is 0. The summed E-state index contributed by atoms with van der Waals surface area (Å²) in [5.74, 6) is 0. The highest BCUT2D eigenvalue weighted by Crippen LogP contribution is 2.46. The van der Waals surface area contributed by atoms with Crippen LogP contribution in [0.4, 0.5) is 0 Å². The van der Waals surface area contributed by atoms with E-state index in [0.717, 1.165) is 15.9 Å². The predicted octanol–water partition coefficient (Wildman–Crippen LogP) is 3.31. The Balaban J connectivity index is 1.98. The zero-order chi connectivity index (χ0) is 13.6. The van der Waals surface area contributed by atoms with Crippen LogP contribution in [0.25, 0.3) is 11.1 Å². The van der Waals surface area contributed by atoms with Gasteiger partial charge in [0, 0.05) is 15.9 Å². The van der Waals surface area contributed by atoms with E-state index in [9.17, 15) is 4.57 Å². The number of hydrogen-bond donors (Lipinski definition) is 0. The highest BCUT2D eigenvalue weighted by molar-refractivity contribution is 7.85. The van der Waals surface area contributed by atoms with Crippen molar-refractivity contribution in [2.45, 2.75) is 0 Å². The summed E-state index contributed by atoms with van der Waals surface area (Å²) in [5, 5.41) is 2.75. The lowest BCUT2D eigenvalue weighted by atomic mass is 10.4. The van der Waals surface area contributed by atoms with Gasteiger partial charge in [-0.15, -0.1) is 0 Å². The summed E-state index contributed by atoms with van der Waals surface area (Å²) in [5.41, 5.74) is 2.46. The van der Waals surface area contributed by atoms with Crippen molar-refractivity contribution in [1.82, 2.24) is 0 Å². The molecule has 2 aliphatic carbocycles. The molecule has 0 atom stereocenters. The van der Waals surface area contributed by atoms with E-state index >= 15 is 0 Å². The molecule has 0 bridgehead atoms. The first-order chi connectivity index (χ1) is 9.78. The average Bonchev–Trinajstić information content (AvgIpc) is 3.14. The van der Waals surface area contributed by atoms with Crippen LogP contribution in [0.1, 0.15) is 0 Å². The molecule has 0 N–H and O–H groups in total. The van der Waals surface area contributed by atoms with Gasteiger partial charge in [-0.05, 0) is 29.3 Å². The second-order valence-corrected chi connectivity index (χ2v) is 7.82. The largest absolute Gasteiger partial charge is 0.309 e. The Kier molecular flexibility index (Phi) is 2.45. The Labute approximate surface area is 118 Å². The standard InChI is InChI=1S/C18H13OP/c19-20(16-7-3-1-4-8-16,17-9-5-2-6-10-17)18-12-14-11-15(14)13-18/h1-13H. The van der Waals surface area contributed by atoms with Crippen LogP contribution < -0.4 is 15.9 Å². The summed E-state index contributed by atoms with van der Waals surface area (Å²) >= 11 is 0. The molecular formula is C18H13OP. The third kappa shape index (κ3) is 1.67. The van der Waals surface area contributed by atoms with Crippen molar-refractivity contribution in [3.8, 4) is 11.1 Å². The Morgan fingerprint density at radius 1 is 0.550 bits per heavy atom.